The molecule has 2 aromatic rings. The third-order valence-corrected chi connectivity index (χ3v) is 3.88. The number of hydrogen-bond acceptors (Lipinski definition) is 4. The summed E-state index contributed by atoms with van der Waals surface area (Å²) in [5, 5.41) is 8.01. The van der Waals surface area contributed by atoms with Crippen LogP contribution in [0.15, 0.2) is 24.3 Å². The highest BCUT2D eigenvalue weighted by molar-refractivity contribution is 5.43. The van der Waals surface area contributed by atoms with Gasteiger partial charge >= 0.3 is 0 Å². The average Bonchev–Trinajstić information content (AvgIpc) is 2.90. The van der Waals surface area contributed by atoms with E-state index in [0.717, 1.165) is 41.4 Å². The summed E-state index contributed by atoms with van der Waals surface area (Å²) in [5.74, 6) is 1.57. The van der Waals surface area contributed by atoms with Gasteiger partial charge in [0.15, 0.2) is 11.5 Å². The van der Waals surface area contributed by atoms with Crippen molar-refractivity contribution in [3.05, 3.63) is 41.2 Å². The second-order valence-electron chi connectivity index (χ2n) is 5.77. The summed E-state index contributed by atoms with van der Waals surface area (Å²) >= 11 is 0. The van der Waals surface area contributed by atoms with Gasteiger partial charge in [0.2, 0.25) is 0 Å². The maximum absolute atomic E-state index is 5.68. The molecule has 0 bridgehead atoms. The standard InChI is InChI=1S/C18H27N3O2/c1-6-9-23-17-8-7-15(11-18(17)22-5)12-19-14(3)16-10-13(2)21(4)20-16/h7-8,10-11,14,19H,6,9,12H2,1-5H3/t14-/m1/s1. The minimum atomic E-state index is 0.192. The molecule has 1 heterocycles. The van der Waals surface area contributed by atoms with Gasteiger partial charge in [0, 0.05) is 25.3 Å². The van der Waals surface area contributed by atoms with Gasteiger partial charge in [0.25, 0.3) is 0 Å². The van der Waals surface area contributed by atoms with Gasteiger partial charge in [-0.1, -0.05) is 13.0 Å². The number of rotatable bonds is 8. The van der Waals surface area contributed by atoms with Crippen molar-refractivity contribution >= 4 is 0 Å². The normalized spacial score (nSPS) is 12.2. The predicted molar refractivity (Wildman–Crippen MR) is 92.0 cm³/mol. The van der Waals surface area contributed by atoms with E-state index in [9.17, 15) is 0 Å². The topological polar surface area (TPSA) is 48.3 Å². The summed E-state index contributed by atoms with van der Waals surface area (Å²) in [7, 11) is 3.64. The van der Waals surface area contributed by atoms with Gasteiger partial charge in [-0.05, 0) is 44.0 Å². The highest BCUT2D eigenvalue weighted by Gasteiger charge is 2.11. The predicted octanol–water partition coefficient (Wildman–Crippen LogP) is 3.38. The highest BCUT2D eigenvalue weighted by Crippen LogP contribution is 2.28. The molecule has 0 saturated heterocycles. The summed E-state index contributed by atoms with van der Waals surface area (Å²) in [6, 6.07) is 8.36. The fourth-order valence-corrected chi connectivity index (χ4v) is 2.33. The van der Waals surface area contributed by atoms with Crippen LogP contribution in [-0.4, -0.2) is 23.5 Å². The highest BCUT2D eigenvalue weighted by atomic mass is 16.5. The first kappa shape index (κ1) is 17.3. The molecular formula is C18H27N3O2. The van der Waals surface area contributed by atoms with Crippen LogP contribution in [-0.2, 0) is 13.6 Å². The van der Waals surface area contributed by atoms with E-state index in [1.165, 1.54) is 0 Å². The molecule has 126 valence electrons. The molecule has 1 aromatic heterocycles. The van der Waals surface area contributed by atoms with Crippen molar-refractivity contribution in [2.75, 3.05) is 13.7 Å². The summed E-state index contributed by atoms with van der Waals surface area (Å²) in [6.07, 6.45) is 0.980. The monoisotopic (exact) mass is 317 g/mol. The zero-order valence-electron chi connectivity index (χ0n) is 14.7. The van der Waals surface area contributed by atoms with Gasteiger partial charge in [0.1, 0.15) is 0 Å². The quantitative estimate of drug-likeness (QED) is 0.811. The van der Waals surface area contributed by atoms with E-state index in [1.807, 2.05) is 23.9 Å². The van der Waals surface area contributed by atoms with Gasteiger partial charge in [-0.15, -0.1) is 0 Å². The molecule has 23 heavy (non-hydrogen) atoms. The van der Waals surface area contributed by atoms with Crippen LogP contribution in [0.1, 0.15) is 43.3 Å². The van der Waals surface area contributed by atoms with Crippen LogP contribution in [0.5, 0.6) is 11.5 Å². The molecule has 1 N–H and O–H groups in total. The van der Waals surface area contributed by atoms with Crippen LogP contribution >= 0.6 is 0 Å². The van der Waals surface area contributed by atoms with Gasteiger partial charge in [-0.3, -0.25) is 4.68 Å². The maximum atomic E-state index is 5.68. The molecule has 0 aliphatic rings. The van der Waals surface area contributed by atoms with E-state index < -0.39 is 0 Å². The number of benzene rings is 1. The minimum absolute atomic E-state index is 0.192. The van der Waals surface area contributed by atoms with Gasteiger partial charge in [-0.2, -0.15) is 5.10 Å². The lowest BCUT2D eigenvalue weighted by Crippen LogP contribution is -2.18. The molecular weight excluding hydrogens is 290 g/mol. The van der Waals surface area contributed by atoms with E-state index in [4.69, 9.17) is 9.47 Å². The van der Waals surface area contributed by atoms with Gasteiger partial charge < -0.3 is 14.8 Å². The van der Waals surface area contributed by atoms with Crippen LogP contribution in [0, 0.1) is 6.92 Å². The van der Waals surface area contributed by atoms with Crippen molar-refractivity contribution in [1.82, 2.24) is 15.1 Å². The largest absolute Gasteiger partial charge is 0.493 e. The second-order valence-corrected chi connectivity index (χ2v) is 5.77. The number of nitrogens with one attached hydrogen (secondary N) is 1. The number of nitrogens with zero attached hydrogens (tertiary/aromatic N) is 2. The molecule has 0 fully saturated rings. The third-order valence-electron chi connectivity index (χ3n) is 3.88. The Morgan fingerprint density at radius 3 is 2.65 bits per heavy atom. The zero-order valence-corrected chi connectivity index (χ0v) is 14.7. The molecule has 0 radical (unpaired) electrons. The molecule has 1 atom stereocenters. The van der Waals surface area contributed by atoms with Gasteiger partial charge in [0.05, 0.1) is 19.4 Å². The van der Waals surface area contributed by atoms with Crippen molar-refractivity contribution in [2.24, 2.45) is 7.05 Å². The van der Waals surface area contributed by atoms with Crippen molar-refractivity contribution < 1.29 is 9.47 Å². The first-order valence-electron chi connectivity index (χ1n) is 8.08. The molecule has 0 aliphatic carbocycles. The van der Waals surface area contributed by atoms with Crippen LogP contribution in [0.3, 0.4) is 0 Å². The van der Waals surface area contributed by atoms with Crippen molar-refractivity contribution in [2.45, 2.75) is 39.8 Å². The van der Waals surface area contributed by atoms with E-state index in [1.54, 1.807) is 7.11 Å². The Bertz CT molecular complexity index is 618. The zero-order chi connectivity index (χ0) is 16.8. The SMILES string of the molecule is CCCOc1ccc(CN[C@H](C)c2cc(C)n(C)n2)cc1OC. The first-order valence-corrected chi connectivity index (χ1v) is 8.08. The van der Waals surface area contributed by atoms with E-state index in [0.29, 0.717) is 6.61 Å². The van der Waals surface area contributed by atoms with Crippen molar-refractivity contribution in [3.8, 4) is 11.5 Å². The lowest BCUT2D eigenvalue weighted by Gasteiger charge is -2.14. The average molecular weight is 317 g/mol. The van der Waals surface area contributed by atoms with Crippen molar-refractivity contribution in [3.63, 3.8) is 0 Å². The molecule has 1 aromatic carbocycles. The molecule has 0 amide bonds. The summed E-state index contributed by atoms with van der Waals surface area (Å²) < 4.78 is 13.0. The van der Waals surface area contributed by atoms with Crippen molar-refractivity contribution in [1.29, 1.82) is 0 Å². The Balaban J connectivity index is 1.99. The third kappa shape index (κ3) is 4.48. The summed E-state index contributed by atoms with van der Waals surface area (Å²) in [4.78, 5) is 0. The first-order chi connectivity index (χ1) is 11.0. The van der Waals surface area contributed by atoms with Crippen LogP contribution in [0.25, 0.3) is 0 Å². The number of hydrogen-bond donors (Lipinski definition) is 1. The van der Waals surface area contributed by atoms with Crippen LogP contribution in [0.4, 0.5) is 0 Å². The Labute approximate surface area is 138 Å². The van der Waals surface area contributed by atoms with E-state index in [-0.39, 0.29) is 6.04 Å². The fourth-order valence-electron chi connectivity index (χ4n) is 2.33. The Morgan fingerprint density at radius 1 is 1.26 bits per heavy atom. The summed E-state index contributed by atoms with van der Waals surface area (Å²) in [6.45, 7) is 7.72. The fraction of sp³-hybridized carbons (Fsp3) is 0.500. The Kier molecular flexibility index (Phi) is 6.04. The maximum Gasteiger partial charge on any atom is 0.161 e. The molecule has 5 nitrogen and oxygen atoms in total. The smallest absolute Gasteiger partial charge is 0.161 e. The lowest BCUT2D eigenvalue weighted by atomic mass is 10.1. The Hall–Kier alpha value is -2.01. The number of aryl methyl sites for hydroxylation is 2. The number of ether oxygens (including phenoxy) is 2. The van der Waals surface area contributed by atoms with E-state index in [2.05, 4.69) is 43.3 Å². The lowest BCUT2D eigenvalue weighted by molar-refractivity contribution is 0.294. The van der Waals surface area contributed by atoms with Crippen LogP contribution in [0.2, 0.25) is 0 Å². The van der Waals surface area contributed by atoms with Gasteiger partial charge in [-0.25, -0.2) is 0 Å². The van der Waals surface area contributed by atoms with E-state index >= 15 is 0 Å². The number of methoxy groups -OCH3 is 1. The minimum Gasteiger partial charge on any atom is -0.493 e. The molecule has 2 rings (SSSR count). The molecule has 5 heteroatoms. The molecule has 0 saturated carbocycles. The van der Waals surface area contributed by atoms with Crippen LogP contribution < -0.4 is 14.8 Å². The summed E-state index contributed by atoms with van der Waals surface area (Å²) in [5.41, 5.74) is 3.37. The molecule has 0 aliphatic heterocycles. The number of aromatic nitrogens is 2. The second kappa shape index (κ2) is 8.02. The molecule has 0 spiro atoms. The molecule has 0 unspecified atom stereocenters. The Morgan fingerprint density at radius 2 is 2.04 bits per heavy atom.